The minimum atomic E-state index is -3.69. The molecule has 3 aliphatic heterocycles. The molecule has 0 radical (unpaired) electrons. The smallest absolute Gasteiger partial charge is 0.285 e. The Labute approximate surface area is 189 Å². The zero-order valence-electron chi connectivity index (χ0n) is 18.1. The predicted octanol–water partition coefficient (Wildman–Crippen LogP) is 1.99. The first-order valence-electron chi connectivity index (χ1n) is 11.3. The van der Waals surface area contributed by atoms with Gasteiger partial charge in [-0.25, -0.2) is 0 Å². The Kier molecular flexibility index (Phi) is 5.73. The summed E-state index contributed by atoms with van der Waals surface area (Å²) in [4.78, 5) is 19.9. The molecule has 2 aromatic rings. The summed E-state index contributed by atoms with van der Waals surface area (Å²) in [6.07, 6.45) is 2.60. The summed E-state index contributed by atoms with van der Waals surface area (Å²) in [5.74, 6) is 0.521. The Morgan fingerprint density at radius 1 is 0.938 bits per heavy atom. The van der Waals surface area contributed by atoms with Crippen molar-refractivity contribution in [3.63, 3.8) is 0 Å². The van der Waals surface area contributed by atoms with Crippen LogP contribution in [-0.4, -0.2) is 80.2 Å². The van der Waals surface area contributed by atoms with E-state index in [0.717, 1.165) is 38.9 Å². The lowest BCUT2D eigenvalue weighted by Crippen LogP contribution is -2.54. The Hall–Kier alpha value is -2.71. The van der Waals surface area contributed by atoms with Gasteiger partial charge in [-0.15, -0.1) is 4.40 Å². The Bertz CT molecular complexity index is 1120. The largest absolute Gasteiger partial charge is 0.343 e. The maximum Gasteiger partial charge on any atom is 0.285 e. The molecule has 0 bridgehead atoms. The van der Waals surface area contributed by atoms with Crippen molar-refractivity contribution in [2.75, 3.05) is 39.3 Å². The third kappa shape index (κ3) is 4.04. The third-order valence-corrected chi connectivity index (χ3v) is 7.99. The molecule has 32 heavy (non-hydrogen) atoms. The average Bonchev–Trinajstić information content (AvgIpc) is 3.41. The van der Waals surface area contributed by atoms with Gasteiger partial charge in [-0.05, 0) is 37.0 Å². The molecule has 1 atom stereocenters. The number of benzene rings is 2. The Balaban J connectivity index is 1.23. The minimum Gasteiger partial charge on any atom is -0.343 e. The maximum absolute atomic E-state index is 13.4. The summed E-state index contributed by atoms with van der Waals surface area (Å²) in [5, 5.41) is 0. The van der Waals surface area contributed by atoms with Gasteiger partial charge in [-0.3, -0.25) is 9.69 Å². The second-order valence-electron chi connectivity index (χ2n) is 8.64. The van der Waals surface area contributed by atoms with Crippen molar-refractivity contribution in [3.8, 4) is 0 Å². The van der Waals surface area contributed by atoms with Crippen LogP contribution in [0.25, 0.3) is 0 Å². The fourth-order valence-electron chi connectivity index (χ4n) is 4.91. The molecule has 2 aromatic carbocycles. The van der Waals surface area contributed by atoms with Crippen LogP contribution in [0.3, 0.4) is 0 Å². The van der Waals surface area contributed by atoms with Crippen molar-refractivity contribution in [3.05, 3.63) is 65.7 Å². The van der Waals surface area contributed by atoms with E-state index >= 15 is 0 Å². The highest BCUT2D eigenvalue weighted by Crippen LogP contribution is 2.31. The van der Waals surface area contributed by atoms with Gasteiger partial charge >= 0.3 is 0 Å². The molecule has 1 amide bonds. The van der Waals surface area contributed by atoms with Crippen LogP contribution in [0.5, 0.6) is 0 Å². The normalized spacial score (nSPS) is 22.6. The number of nitrogens with zero attached hydrogens (tertiary/aromatic N) is 4. The number of hydrogen-bond donors (Lipinski definition) is 0. The number of amidine groups is 1. The first-order valence-corrected chi connectivity index (χ1v) is 12.7. The van der Waals surface area contributed by atoms with Crippen LogP contribution >= 0.6 is 0 Å². The van der Waals surface area contributed by atoms with Gasteiger partial charge in [-0.1, -0.05) is 42.5 Å². The summed E-state index contributed by atoms with van der Waals surface area (Å²) in [6.45, 7) is 4.79. The second-order valence-corrected chi connectivity index (χ2v) is 10.2. The van der Waals surface area contributed by atoms with Crippen LogP contribution in [-0.2, 0) is 21.2 Å². The molecular formula is C24H28N4O3S. The summed E-state index contributed by atoms with van der Waals surface area (Å²) in [7, 11) is -3.69. The Morgan fingerprint density at radius 3 is 2.44 bits per heavy atom. The molecule has 2 saturated heterocycles. The summed E-state index contributed by atoms with van der Waals surface area (Å²) in [6, 6.07) is 17.0. The van der Waals surface area contributed by atoms with Crippen molar-refractivity contribution in [1.29, 1.82) is 0 Å². The SMILES string of the molecule is O=C([C@@H]1CCCN1C1=NS(=O)(=O)c2ccccc21)N1CCN(CCc2ccccc2)CC1. The monoisotopic (exact) mass is 452 g/mol. The van der Waals surface area contributed by atoms with Gasteiger partial charge in [0.25, 0.3) is 10.0 Å². The topological polar surface area (TPSA) is 73.3 Å². The minimum absolute atomic E-state index is 0.0923. The molecule has 168 valence electrons. The molecule has 5 rings (SSSR count). The van der Waals surface area contributed by atoms with Gasteiger partial charge < -0.3 is 9.80 Å². The molecule has 7 nitrogen and oxygen atoms in total. The van der Waals surface area contributed by atoms with E-state index in [1.165, 1.54) is 5.56 Å². The molecular weight excluding hydrogens is 424 g/mol. The van der Waals surface area contributed by atoms with Crippen LogP contribution in [0.1, 0.15) is 24.0 Å². The van der Waals surface area contributed by atoms with Crippen LogP contribution < -0.4 is 0 Å². The highest BCUT2D eigenvalue weighted by molar-refractivity contribution is 7.90. The molecule has 2 fully saturated rings. The van der Waals surface area contributed by atoms with Crippen molar-refractivity contribution in [2.45, 2.75) is 30.2 Å². The number of carbonyl (C=O) groups excluding carboxylic acids is 1. The van der Waals surface area contributed by atoms with Crippen molar-refractivity contribution in [1.82, 2.24) is 14.7 Å². The lowest BCUT2D eigenvalue weighted by Gasteiger charge is -2.37. The molecule has 0 spiro atoms. The Morgan fingerprint density at radius 2 is 1.66 bits per heavy atom. The number of fused-ring (bicyclic) bond motifs is 1. The van der Waals surface area contributed by atoms with E-state index in [-0.39, 0.29) is 16.8 Å². The summed E-state index contributed by atoms with van der Waals surface area (Å²) < 4.78 is 29.0. The van der Waals surface area contributed by atoms with Gasteiger partial charge in [0, 0.05) is 44.8 Å². The first-order chi connectivity index (χ1) is 15.5. The number of hydrogen-bond acceptors (Lipinski definition) is 5. The van der Waals surface area contributed by atoms with Crippen LogP contribution in [0.4, 0.5) is 0 Å². The van der Waals surface area contributed by atoms with Gasteiger partial charge in [0.2, 0.25) is 5.91 Å². The van der Waals surface area contributed by atoms with Gasteiger partial charge in [-0.2, -0.15) is 8.42 Å². The predicted molar refractivity (Wildman–Crippen MR) is 123 cm³/mol. The highest BCUT2D eigenvalue weighted by atomic mass is 32.2. The van der Waals surface area contributed by atoms with Crippen LogP contribution in [0.15, 0.2) is 63.9 Å². The van der Waals surface area contributed by atoms with Crippen LogP contribution in [0.2, 0.25) is 0 Å². The average molecular weight is 453 g/mol. The number of amides is 1. The van der Waals surface area contributed by atoms with E-state index < -0.39 is 10.0 Å². The number of sulfonamides is 1. The number of carbonyl (C=O) groups is 1. The summed E-state index contributed by atoms with van der Waals surface area (Å²) >= 11 is 0. The van der Waals surface area contributed by atoms with Crippen LogP contribution in [0, 0.1) is 0 Å². The van der Waals surface area contributed by atoms with E-state index in [1.807, 2.05) is 21.9 Å². The standard InChI is InChI=1S/C24H28N4O3S/c29-24(27-17-15-26(16-18-27)14-12-19-7-2-1-3-8-19)21-10-6-13-28(21)23-20-9-4-5-11-22(20)32(30,31)25-23/h1-5,7-9,11,21H,6,10,12-18H2/t21-/m0/s1. The third-order valence-electron chi connectivity index (χ3n) is 6.67. The quantitative estimate of drug-likeness (QED) is 0.709. The fourth-order valence-corrected chi connectivity index (χ4v) is 6.12. The highest BCUT2D eigenvalue weighted by Gasteiger charge is 2.40. The van der Waals surface area contributed by atoms with E-state index in [9.17, 15) is 13.2 Å². The number of rotatable bonds is 4. The number of likely N-dealkylation sites (tertiary alicyclic amines) is 1. The maximum atomic E-state index is 13.4. The van der Waals surface area contributed by atoms with Gasteiger partial charge in [0.1, 0.15) is 10.9 Å². The second kappa shape index (κ2) is 8.67. The zero-order chi connectivity index (χ0) is 22.1. The van der Waals surface area contributed by atoms with E-state index in [0.29, 0.717) is 31.0 Å². The molecule has 0 aromatic heterocycles. The first kappa shape index (κ1) is 21.2. The lowest BCUT2D eigenvalue weighted by molar-refractivity contribution is -0.136. The van der Waals surface area contributed by atoms with Crippen molar-refractivity contribution >= 4 is 21.8 Å². The summed E-state index contributed by atoms with van der Waals surface area (Å²) in [5.41, 5.74) is 1.94. The molecule has 0 saturated carbocycles. The molecule has 3 aliphatic rings. The molecule has 0 unspecified atom stereocenters. The van der Waals surface area contributed by atoms with Crippen molar-refractivity contribution < 1.29 is 13.2 Å². The van der Waals surface area contributed by atoms with Crippen molar-refractivity contribution in [2.24, 2.45) is 4.40 Å². The molecule has 0 aliphatic carbocycles. The zero-order valence-corrected chi connectivity index (χ0v) is 18.9. The van der Waals surface area contributed by atoms with E-state index in [4.69, 9.17) is 0 Å². The van der Waals surface area contributed by atoms with E-state index in [2.05, 4.69) is 33.6 Å². The number of piperazine rings is 1. The van der Waals surface area contributed by atoms with Gasteiger partial charge in [0.15, 0.2) is 5.84 Å². The van der Waals surface area contributed by atoms with E-state index in [1.54, 1.807) is 18.2 Å². The fraction of sp³-hybridized carbons (Fsp3) is 0.417. The van der Waals surface area contributed by atoms with Gasteiger partial charge in [0.05, 0.1) is 0 Å². The lowest BCUT2D eigenvalue weighted by atomic mass is 10.1. The molecule has 8 heteroatoms. The molecule has 0 N–H and O–H groups in total. The molecule has 3 heterocycles.